The van der Waals surface area contributed by atoms with Crippen molar-refractivity contribution in [3.8, 4) is 5.75 Å². The van der Waals surface area contributed by atoms with Crippen molar-refractivity contribution in [3.05, 3.63) is 72.1 Å². The fraction of sp³-hybridized carbons (Fsp3) is 0.444. The summed E-state index contributed by atoms with van der Waals surface area (Å²) in [6.45, 7) is 7.04. The first-order valence-electron chi connectivity index (χ1n) is 11.6. The van der Waals surface area contributed by atoms with Gasteiger partial charge in [-0.25, -0.2) is 0 Å². The monoisotopic (exact) mass is 433 g/mol. The molecule has 1 aromatic heterocycles. The molecule has 1 fully saturated rings. The van der Waals surface area contributed by atoms with Crippen molar-refractivity contribution in [2.75, 3.05) is 47.0 Å². The topological polar surface area (TPSA) is 37.8 Å². The number of aromatic nitrogens is 1. The fourth-order valence-electron chi connectivity index (χ4n) is 4.79. The zero-order valence-electron chi connectivity index (χ0n) is 19.4. The number of methoxy groups -OCH3 is 2. The molecule has 3 aromatic rings. The number of benzene rings is 2. The molecule has 32 heavy (non-hydrogen) atoms. The summed E-state index contributed by atoms with van der Waals surface area (Å²) in [5, 5.41) is 2.51. The van der Waals surface area contributed by atoms with Crippen LogP contribution in [0.1, 0.15) is 24.0 Å². The molecule has 2 heterocycles. The van der Waals surface area contributed by atoms with Gasteiger partial charge in [0.15, 0.2) is 0 Å². The van der Waals surface area contributed by atoms with E-state index in [1.165, 1.54) is 34.7 Å². The van der Waals surface area contributed by atoms with E-state index >= 15 is 0 Å². The molecule has 0 radical (unpaired) electrons. The quantitative estimate of drug-likeness (QED) is 0.467. The van der Waals surface area contributed by atoms with Crippen LogP contribution in [-0.2, 0) is 17.8 Å². The first-order valence-corrected chi connectivity index (χ1v) is 11.6. The Hall–Kier alpha value is -2.47. The van der Waals surface area contributed by atoms with Crippen LogP contribution in [0.3, 0.4) is 0 Å². The van der Waals surface area contributed by atoms with Gasteiger partial charge >= 0.3 is 0 Å². The Morgan fingerprint density at radius 2 is 1.81 bits per heavy atom. The van der Waals surface area contributed by atoms with Crippen LogP contribution in [0.5, 0.6) is 5.75 Å². The van der Waals surface area contributed by atoms with Gasteiger partial charge in [-0.2, -0.15) is 0 Å². The van der Waals surface area contributed by atoms with Crippen LogP contribution in [0.15, 0.2) is 60.9 Å². The highest BCUT2D eigenvalue weighted by atomic mass is 16.5. The molecule has 5 heteroatoms. The second-order valence-electron chi connectivity index (χ2n) is 8.77. The van der Waals surface area contributed by atoms with Crippen molar-refractivity contribution in [3.63, 3.8) is 0 Å². The van der Waals surface area contributed by atoms with E-state index in [0.29, 0.717) is 0 Å². The van der Waals surface area contributed by atoms with Crippen LogP contribution in [0, 0.1) is 5.92 Å². The number of likely N-dealkylation sites (tertiary alicyclic amines) is 1. The third-order valence-electron chi connectivity index (χ3n) is 6.59. The standard InChI is InChI=1S/C27H35N3O2/c1-31-17-16-30(20-24-8-5-7-23-18-28-13-10-26(23)24)19-22-11-14-29(15-12-22)21-25-6-3-4-9-27(25)32-2/h3-10,13,18,22H,11-12,14-17,19-21H2,1-2H3. The van der Waals surface area contributed by atoms with E-state index in [2.05, 4.69) is 57.2 Å². The van der Waals surface area contributed by atoms with Gasteiger partial charge in [0.05, 0.1) is 13.7 Å². The van der Waals surface area contributed by atoms with Gasteiger partial charge in [-0.05, 0) is 54.9 Å². The van der Waals surface area contributed by atoms with Crippen LogP contribution in [-0.4, -0.2) is 61.8 Å². The van der Waals surface area contributed by atoms with E-state index < -0.39 is 0 Å². The second-order valence-corrected chi connectivity index (χ2v) is 8.77. The molecule has 0 N–H and O–H groups in total. The van der Waals surface area contributed by atoms with Crippen molar-refractivity contribution in [2.24, 2.45) is 5.92 Å². The SMILES string of the molecule is COCCN(Cc1cccc2cnccc12)CC1CCN(Cc2ccccc2OC)CC1. The van der Waals surface area contributed by atoms with Crippen LogP contribution in [0.2, 0.25) is 0 Å². The van der Waals surface area contributed by atoms with Crippen molar-refractivity contribution in [2.45, 2.75) is 25.9 Å². The first kappa shape index (κ1) is 22.7. The summed E-state index contributed by atoms with van der Waals surface area (Å²) in [6.07, 6.45) is 6.31. The maximum absolute atomic E-state index is 5.54. The van der Waals surface area contributed by atoms with E-state index in [9.17, 15) is 0 Å². The van der Waals surface area contributed by atoms with E-state index in [1.54, 1.807) is 14.2 Å². The number of fused-ring (bicyclic) bond motifs is 1. The predicted molar refractivity (Wildman–Crippen MR) is 130 cm³/mol. The molecular formula is C27H35N3O2. The lowest BCUT2D eigenvalue weighted by Crippen LogP contribution is -2.39. The van der Waals surface area contributed by atoms with Crippen molar-refractivity contribution in [1.29, 1.82) is 0 Å². The van der Waals surface area contributed by atoms with Gasteiger partial charge in [0.25, 0.3) is 0 Å². The van der Waals surface area contributed by atoms with E-state index in [0.717, 1.165) is 57.5 Å². The van der Waals surface area contributed by atoms with Gasteiger partial charge in [0.1, 0.15) is 5.75 Å². The van der Waals surface area contributed by atoms with Gasteiger partial charge in [-0.15, -0.1) is 0 Å². The summed E-state index contributed by atoms with van der Waals surface area (Å²) in [7, 11) is 3.55. The molecule has 1 aliphatic heterocycles. The number of hydrogen-bond acceptors (Lipinski definition) is 5. The lowest BCUT2D eigenvalue weighted by atomic mass is 9.95. The maximum atomic E-state index is 5.54. The highest BCUT2D eigenvalue weighted by Gasteiger charge is 2.22. The zero-order chi connectivity index (χ0) is 22.2. The molecule has 5 nitrogen and oxygen atoms in total. The molecule has 0 bridgehead atoms. The molecule has 0 atom stereocenters. The average Bonchev–Trinajstić information content (AvgIpc) is 2.84. The number of hydrogen-bond donors (Lipinski definition) is 0. The number of nitrogens with zero attached hydrogens (tertiary/aromatic N) is 3. The largest absolute Gasteiger partial charge is 0.496 e. The molecule has 4 rings (SSSR count). The van der Waals surface area contributed by atoms with E-state index in [4.69, 9.17) is 9.47 Å². The Morgan fingerprint density at radius 3 is 2.62 bits per heavy atom. The van der Waals surface area contributed by atoms with Crippen LogP contribution < -0.4 is 4.74 Å². The molecule has 0 amide bonds. The molecule has 0 unspecified atom stereocenters. The van der Waals surface area contributed by atoms with Crippen molar-refractivity contribution >= 4 is 10.8 Å². The molecule has 2 aromatic carbocycles. The average molecular weight is 434 g/mol. The number of pyridine rings is 1. The molecule has 0 saturated carbocycles. The molecule has 1 saturated heterocycles. The van der Waals surface area contributed by atoms with Gasteiger partial charge < -0.3 is 9.47 Å². The van der Waals surface area contributed by atoms with Crippen LogP contribution in [0.4, 0.5) is 0 Å². The third kappa shape index (κ3) is 5.85. The molecule has 170 valence electrons. The lowest BCUT2D eigenvalue weighted by Gasteiger charge is -2.35. The fourth-order valence-corrected chi connectivity index (χ4v) is 4.79. The van der Waals surface area contributed by atoms with E-state index in [-0.39, 0.29) is 0 Å². The Labute approximate surface area is 192 Å². The van der Waals surface area contributed by atoms with Gasteiger partial charge in [0, 0.05) is 56.6 Å². The number of rotatable bonds is 10. The maximum Gasteiger partial charge on any atom is 0.123 e. The van der Waals surface area contributed by atoms with Crippen molar-refractivity contribution in [1.82, 2.24) is 14.8 Å². The molecule has 0 spiro atoms. The molecule has 0 aliphatic carbocycles. The van der Waals surface area contributed by atoms with Gasteiger partial charge in [-0.1, -0.05) is 36.4 Å². The Morgan fingerprint density at radius 1 is 1.00 bits per heavy atom. The van der Waals surface area contributed by atoms with Crippen LogP contribution in [0.25, 0.3) is 10.8 Å². The number of piperidine rings is 1. The number of ether oxygens (including phenoxy) is 2. The molecule has 1 aliphatic rings. The zero-order valence-corrected chi connectivity index (χ0v) is 19.4. The summed E-state index contributed by atoms with van der Waals surface area (Å²) >= 11 is 0. The summed E-state index contributed by atoms with van der Waals surface area (Å²) in [4.78, 5) is 9.41. The summed E-state index contributed by atoms with van der Waals surface area (Å²) in [5.41, 5.74) is 2.65. The highest BCUT2D eigenvalue weighted by molar-refractivity contribution is 5.84. The van der Waals surface area contributed by atoms with E-state index in [1.807, 2.05) is 18.5 Å². The third-order valence-corrected chi connectivity index (χ3v) is 6.59. The Kier molecular flexibility index (Phi) is 8.10. The minimum Gasteiger partial charge on any atom is -0.496 e. The highest BCUT2D eigenvalue weighted by Crippen LogP contribution is 2.25. The van der Waals surface area contributed by atoms with Gasteiger partial charge in [-0.3, -0.25) is 14.8 Å². The Bertz CT molecular complexity index is 980. The Balaban J connectivity index is 1.35. The first-order chi connectivity index (χ1) is 15.8. The minimum atomic E-state index is 0.720. The van der Waals surface area contributed by atoms with Crippen molar-refractivity contribution < 1.29 is 9.47 Å². The summed E-state index contributed by atoms with van der Waals surface area (Å²) in [5.74, 6) is 1.71. The lowest BCUT2D eigenvalue weighted by molar-refractivity contribution is 0.106. The second kappa shape index (κ2) is 11.4. The molecular weight excluding hydrogens is 398 g/mol. The van der Waals surface area contributed by atoms with Crippen LogP contribution >= 0.6 is 0 Å². The summed E-state index contributed by atoms with van der Waals surface area (Å²) in [6, 6.07) is 17.0. The minimum absolute atomic E-state index is 0.720. The normalized spacial score (nSPS) is 15.5. The predicted octanol–water partition coefficient (Wildman–Crippen LogP) is 4.60. The van der Waals surface area contributed by atoms with Gasteiger partial charge in [0.2, 0.25) is 0 Å². The summed E-state index contributed by atoms with van der Waals surface area (Å²) < 4.78 is 11.0. The smallest absolute Gasteiger partial charge is 0.123 e. The number of para-hydroxylation sites is 1.